The predicted octanol–water partition coefficient (Wildman–Crippen LogP) is 4.79. The van der Waals surface area contributed by atoms with Gasteiger partial charge in [-0.15, -0.1) is 0 Å². The van der Waals surface area contributed by atoms with Crippen molar-refractivity contribution in [3.63, 3.8) is 0 Å². The summed E-state index contributed by atoms with van der Waals surface area (Å²) in [5.74, 6) is 1.27. The maximum atomic E-state index is 13.0. The van der Waals surface area contributed by atoms with Crippen molar-refractivity contribution >= 4 is 22.8 Å². The van der Waals surface area contributed by atoms with E-state index < -0.39 is 0 Å². The highest BCUT2D eigenvalue weighted by molar-refractivity contribution is 6.12. The normalized spacial score (nSPS) is 11.5. The number of benzene rings is 2. The van der Waals surface area contributed by atoms with Crippen molar-refractivity contribution in [1.29, 1.82) is 0 Å². The van der Waals surface area contributed by atoms with Crippen molar-refractivity contribution in [3.8, 4) is 17.2 Å². The molecule has 1 N–H and O–H groups in total. The Morgan fingerprint density at radius 2 is 1.70 bits per heavy atom. The van der Waals surface area contributed by atoms with Crippen LogP contribution in [0.1, 0.15) is 28.4 Å². The third-order valence-electron chi connectivity index (χ3n) is 4.60. The zero-order chi connectivity index (χ0) is 19.6. The standard InChI is InChI=1S/C22H23NO4/c1-13-7-6-8-17-20(13)16(12-23-17)9-14(2)21(24)15-10-18(25-3)22(27-5)19(11-15)26-4/h6-12,23H,1-5H3/b14-9+. The van der Waals surface area contributed by atoms with Crippen molar-refractivity contribution in [3.05, 3.63) is 58.8 Å². The van der Waals surface area contributed by atoms with E-state index in [9.17, 15) is 4.79 Å². The lowest BCUT2D eigenvalue weighted by molar-refractivity contribution is 0.103. The highest BCUT2D eigenvalue weighted by Gasteiger charge is 2.18. The third kappa shape index (κ3) is 3.40. The largest absolute Gasteiger partial charge is 0.493 e. The van der Waals surface area contributed by atoms with E-state index in [0.717, 1.165) is 22.0 Å². The summed E-state index contributed by atoms with van der Waals surface area (Å²) in [6.45, 7) is 3.87. The van der Waals surface area contributed by atoms with Crippen molar-refractivity contribution in [2.75, 3.05) is 21.3 Å². The zero-order valence-corrected chi connectivity index (χ0v) is 16.2. The second kappa shape index (κ2) is 7.58. The lowest BCUT2D eigenvalue weighted by Crippen LogP contribution is -2.04. The van der Waals surface area contributed by atoms with Crippen LogP contribution in [0.3, 0.4) is 0 Å². The zero-order valence-electron chi connectivity index (χ0n) is 16.2. The number of Topliss-reactive ketones (excluding diaryl/α,β-unsaturated/α-hetero) is 1. The first-order chi connectivity index (χ1) is 13.0. The number of rotatable bonds is 6. The number of nitrogens with one attached hydrogen (secondary N) is 1. The summed E-state index contributed by atoms with van der Waals surface area (Å²) in [6.07, 6.45) is 3.82. The molecule has 0 radical (unpaired) electrons. The number of ether oxygens (including phenoxy) is 3. The van der Waals surface area contributed by atoms with Gasteiger partial charge in [0.2, 0.25) is 5.75 Å². The average molecular weight is 365 g/mol. The van der Waals surface area contributed by atoms with Gasteiger partial charge in [-0.25, -0.2) is 0 Å². The van der Waals surface area contributed by atoms with Crippen LogP contribution in [0.15, 0.2) is 42.1 Å². The minimum atomic E-state index is -0.0998. The van der Waals surface area contributed by atoms with Gasteiger partial charge in [0, 0.05) is 28.2 Å². The Balaban J connectivity index is 2.03. The van der Waals surface area contributed by atoms with Crippen molar-refractivity contribution in [2.45, 2.75) is 13.8 Å². The number of methoxy groups -OCH3 is 3. The van der Waals surface area contributed by atoms with E-state index >= 15 is 0 Å². The van der Waals surface area contributed by atoms with Crippen molar-refractivity contribution < 1.29 is 19.0 Å². The van der Waals surface area contributed by atoms with Gasteiger partial charge in [0.1, 0.15) is 0 Å². The summed E-state index contributed by atoms with van der Waals surface area (Å²) < 4.78 is 16.0. The molecule has 3 rings (SSSR count). The number of fused-ring (bicyclic) bond motifs is 1. The van der Waals surface area contributed by atoms with Crippen molar-refractivity contribution in [1.82, 2.24) is 4.98 Å². The van der Waals surface area contributed by atoms with Crippen LogP contribution in [-0.2, 0) is 0 Å². The summed E-state index contributed by atoms with van der Waals surface area (Å²) in [5, 5.41) is 1.12. The Labute approximate surface area is 158 Å². The molecule has 0 bridgehead atoms. The first kappa shape index (κ1) is 18.6. The molecule has 0 unspecified atom stereocenters. The molecule has 27 heavy (non-hydrogen) atoms. The number of aromatic amines is 1. The van der Waals surface area contributed by atoms with Crippen LogP contribution in [0, 0.1) is 6.92 Å². The Bertz CT molecular complexity index is 1000. The van der Waals surface area contributed by atoms with Gasteiger partial charge in [0.25, 0.3) is 0 Å². The van der Waals surface area contributed by atoms with Gasteiger partial charge in [-0.3, -0.25) is 4.79 Å². The minimum absolute atomic E-state index is 0.0998. The van der Waals surface area contributed by atoms with E-state index in [0.29, 0.717) is 28.4 Å². The van der Waals surface area contributed by atoms with Gasteiger partial charge in [-0.2, -0.15) is 0 Å². The Morgan fingerprint density at radius 3 is 2.30 bits per heavy atom. The fourth-order valence-electron chi connectivity index (χ4n) is 3.25. The van der Waals surface area contributed by atoms with Crippen LogP contribution in [-0.4, -0.2) is 32.1 Å². The predicted molar refractivity (Wildman–Crippen MR) is 107 cm³/mol. The molecule has 0 saturated heterocycles. The smallest absolute Gasteiger partial charge is 0.203 e. The third-order valence-corrected chi connectivity index (χ3v) is 4.60. The first-order valence-corrected chi connectivity index (χ1v) is 8.59. The van der Waals surface area contributed by atoms with E-state index in [4.69, 9.17) is 14.2 Å². The molecule has 1 heterocycles. The fourth-order valence-corrected chi connectivity index (χ4v) is 3.25. The topological polar surface area (TPSA) is 60.6 Å². The molecule has 0 saturated carbocycles. The molecule has 1 aromatic heterocycles. The molecule has 0 fully saturated rings. The van der Waals surface area contributed by atoms with E-state index in [1.807, 2.05) is 31.3 Å². The Hall–Kier alpha value is -3.21. The molecule has 3 aromatic rings. The molecular formula is C22H23NO4. The second-order valence-corrected chi connectivity index (χ2v) is 6.31. The SMILES string of the molecule is COc1cc(C(=O)/C(C)=C/c2c[nH]c3cccc(C)c23)cc(OC)c1OC. The van der Waals surface area contributed by atoms with Crippen LogP contribution < -0.4 is 14.2 Å². The molecule has 0 spiro atoms. The van der Waals surface area contributed by atoms with E-state index in [-0.39, 0.29) is 5.78 Å². The molecule has 0 amide bonds. The second-order valence-electron chi connectivity index (χ2n) is 6.31. The molecule has 140 valence electrons. The number of carbonyl (C=O) groups excluding carboxylic acids is 1. The summed E-state index contributed by atoms with van der Waals surface area (Å²) in [6, 6.07) is 9.43. The van der Waals surface area contributed by atoms with Crippen LogP contribution in [0.4, 0.5) is 0 Å². The van der Waals surface area contributed by atoms with Crippen LogP contribution in [0.25, 0.3) is 17.0 Å². The summed E-state index contributed by atoms with van der Waals surface area (Å²) in [4.78, 5) is 16.2. The maximum Gasteiger partial charge on any atom is 0.203 e. The van der Waals surface area contributed by atoms with Gasteiger partial charge in [0.05, 0.1) is 21.3 Å². The van der Waals surface area contributed by atoms with E-state index in [1.165, 1.54) is 21.3 Å². The van der Waals surface area contributed by atoms with Crippen molar-refractivity contribution in [2.24, 2.45) is 0 Å². The quantitative estimate of drug-likeness (QED) is 0.504. The number of ketones is 1. The Kier molecular flexibility index (Phi) is 5.21. The number of H-pyrrole nitrogens is 1. The number of aromatic nitrogens is 1. The molecule has 0 aliphatic carbocycles. The average Bonchev–Trinajstić information content (AvgIpc) is 3.10. The van der Waals surface area contributed by atoms with Gasteiger partial charge in [-0.05, 0) is 49.3 Å². The van der Waals surface area contributed by atoms with Gasteiger partial charge >= 0.3 is 0 Å². The van der Waals surface area contributed by atoms with E-state index in [1.54, 1.807) is 12.1 Å². The minimum Gasteiger partial charge on any atom is -0.493 e. The summed E-state index contributed by atoms with van der Waals surface area (Å²) >= 11 is 0. The first-order valence-electron chi connectivity index (χ1n) is 8.59. The molecule has 5 heteroatoms. The number of allylic oxidation sites excluding steroid dienone is 1. The molecule has 0 atom stereocenters. The molecule has 5 nitrogen and oxygen atoms in total. The fraction of sp³-hybridized carbons (Fsp3) is 0.227. The molecular weight excluding hydrogens is 342 g/mol. The van der Waals surface area contributed by atoms with Gasteiger partial charge in [0.15, 0.2) is 17.3 Å². The lowest BCUT2D eigenvalue weighted by Gasteiger charge is -2.13. The van der Waals surface area contributed by atoms with Gasteiger partial charge < -0.3 is 19.2 Å². The number of aryl methyl sites for hydroxylation is 1. The van der Waals surface area contributed by atoms with Crippen LogP contribution >= 0.6 is 0 Å². The molecule has 0 aliphatic rings. The maximum absolute atomic E-state index is 13.0. The highest BCUT2D eigenvalue weighted by atomic mass is 16.5. The summed E-state index contributed by atoms with van der Waals surface area (Å²) in [7, 11) is 4.60. The number of hydrogen-bond donors (Lipinski definition) is 1. The highest BCUT2D eigenvalue weighted by Crippen LogP contribution is 2.38. The van der Waals surface area contributed by atoms with Crippen LogP contribution in [0.5, 0.6) is 17.2 Å². The number of carbonyl (C=O) groups is 1. The molecule has 0 aliphatic heterocycles. The Morgan fingerprint density at radius 1 is 1.04 bits per heavy atom. The molecule has 2 aromatic carbocycles. The summed E-state index contributed by atoms with van der Waals surface area (Å²) in [5.41, 5.74) is 4.30. The van der Waals surface area contributed by atoms with Crippen LogP contribution in [0.2, 0.25) is 0 Å². The lowest BCUT2D eigenvalue weighted by atomic mass is 10.00. The van der Waals surface area contributed by atoms with Gasteiger partial charge in [-0.1, -0.05) is 12.1 Å². The number of hydrogen-bond acceptors (Lipinski definition) is 4. The monoisotopic (exact) mass is 365 g/mol. The van der Waals surface area contributed by atoms with E-state index in [2.05, 4.69) is 18.0 Å².